The summed E-state index contributed by atoms with van der Waals surface area (Å²) in [4.78, 5) is 23.0. The summed E-state index contributed by atoms with van der Waals surface area (Å²) in [6, 6.07) is 6.97. The van der Waals surface area contributed by atoms with Gasteiger partial charge in [-0.05, 0) is 30.5 Å². The molecule has 21 heavy (non-hydrogen) atoms. The van der Waals surface area contributed by atoms with Crippen LogP contribution in [-0.4, -0.2) is 29.1 Å². The third-order valence-corrected chi connectivity index (χ3v) is 3.80. The zero-order valence-electron chi connectivity index (χ0n) is 12.3. The average Bonchev–Trinajstić information content (AvgIpc) is 2.48. The molecule has 1 fully saturated rings. The van der Waals surface area contributed by atoms with Gasteiger partial charge in [-0.3, -0.25) is 9.59 Å². The monoisotopic (exact) mass is 290 g/mol. The summed E-state index contributed by atoms with van der Waals surface area (Å²) in [5.74, 6) is -0.241. The summed E-state index contributed by atoms with van der Waals surface area (Å²) >= 11 is 0. The lowest BCUT2D eigenvalue weighted by Gasteiger charge is -2.28. The number of hydrogen-bond donors (Lipinski definition) is 3. The van der Waals surface area contributed by atoms with E-state index in [-0.39, 0.29) is 17.9 Å². The first-order valence-corrected chi connectivity index (χ1v) is 7.38. The van der Waals surface area contributed by atoms with Crippen LogP contribution in [0.15, 0.2) is 24.3 Å². The highest BCUT2D eigenvalue weighted by molar-refractivity contribution is 5.94. The maximum atomic E-state index is 12.1. The van der Waals surface area contributed by atoms with Crippen LogP contribution in [0.25, 0.3) is 0 Å². The Morgan fingerprint density at radius 3 is 2.48 bits per heavy atom. The highest BCUT2D eigenvalue weighted by Crippen LogP contribution is 2.18. The van der Waals surface area contributed by atoms with Gasteiger partial charge < -0.3 is 15.7 Å². The van der Waals surface area contributed by atoms with Crippen LogP contribution in [0.3, 0.4) is 0 Å². The molecule has 1 saturated carbocycles. The van der Waals surface area contributed by atoms with Crippen LogP contribution in [-0.2, 0) is 11.3 Å². The van der Waals surface area contributed by atoms with Crippen LogP contribution in [0.4, 0.5) is 0 Å². The first-order chi connectivity index (χ1) is 10.1. The number of benzene rings is 1. The molecule has 3 N–H and O–H groups in total. The Bertz CT molecular complexity index is 499. The molecule has 0 saturated heterocycles. The van der Waals surface area contributed by atoms with Crippen LogP contribution >= 0.6 is 0 Å². The first kappa shape index (κ1) is 15.5. The van der Waals surface area contributed by atoms with Crippen molar-refractivity contribution in [1.82, 2.24) is 10.6 Å². The van der Waals surface area contributed by atoms with Crippen LogP contribution in [0.1, 0.15) is 48.5 Å². The standard InChI is InChI=1S/C16H22N2O3/c1-11(19)17-10-12-6-8-13(9-7-12)16(21)18-14-4-2-3-5-15(14)20/h6-9,14-15,20H,2-5,10H2,1H3,(H,17,19)(H,18,21). The fourth-order valence-corrected chi connectivity index (χ4v) is 2.53. The Kier molecular flexibility index (Phi) is 5.33. The van der Waals surface area contributed by atoms with Gasteiger partial charge >= 0.3 is 0 Å². The maximum absolute atomic E-state index is 12.1. The normalized spacial score (nSPS) is 21.6. The van der Waals surface area contributed by atoms with E-state index >= 15 is 0 Å². The molecule has 0 aromatic heterocycles. The molecule has 5 nitrogen and oxygen atoms in total. The summed E-state index contributed by atoms with van der Waals surface area (Å²) in [5, 5.41) is 15.5. The molecule has 0 aliphatic heterocycles. The molecule has 2 rings (SSSR count). The largest absolute Gasteiger partial charge is 0.391 e. The Hall–Kier alpha value is -1.88. The highest BCUT2D eigenvalue weighted by Gasteiger charge is 2.24. The second kappa shape index (κ2) is 7.22. The lowest BCUT2D eigenvalue weighted by Crippen LogP contribution is -2.45. The summed E-state index contributed by atoms with van der Waals surface area (Å²) in [6.45, 7) is 1.93. The van der Waals surface area contributed by atoms with E-state index in [0.717, 1.165) is 31.2 Å². The van der Waals surface area contributed by atoms with Gasteiger partial charge in [-0.2, -0.15) is 0 Å². The molecule has 0 radical (unpaired) electrons. The second-order valence-electron chi connectivity index (χ2n) is 5.54. The molecule has 0 heterocycles. The lowest BCUT2D eigenvalue weighted by molar-refractivity contribution is -0.119. The Balaban J connectivity index is 1.91. The van der Waals surface area contributed by atoms with Crippen LogP contribution < -0.4 is 10.6 Å². The van der Waals surface area contributed by atoms with Gasteiger partial charge in [0.2, 0.25) is 5.91 Å². The molecule has 1 aliphatic rings. The van der Waals surface area contributed by atoms with Gasteiger partial charge in [-0.15, -0.1) is 0 Å². The van der Waals surface area contributed by atoms with Gasteiger partial charge in [0.25, 0.3) is 5.91 Å². The van der Waals surface area contributed by atoms with Crippen molar-refractivity contribution in [1.29, 1.82) is 0 Å². The molecule has 0 spiro atoms. The van der Waals surface area contributed by atoms with Gasteiger partial charge in [-0.25, -0.2) is 0 Å². The van der Waals surface area contributed by atoms with Gasteiger partial charge in [0, 0.05) is 19.0 Å². The smallest absolute Gasteiger partial charge is 0.251 e. The first-order valence-electron chi connectivity index (χ1n) is 7.38. The fraction of sp³-hybridized carbons (Fsp3) is 0.500. The number of rotatable bonds is 4. The topological polar surface area (TPSA) is 78.4 Å². The van der Waals surface area contributed by atoms with E-state index < -0.39 is 6.10 Å². The summed E-state index contributed by atoms with van der Waals surface area (Å²) in [5.41, 5.74) is 1.51. The molecule has 0 bridgehead atoms. The molecule has 114 valence electrons. The Morgan fingerprint density at radius 1 is 1.19 bits per heavy atom. The number of aliphatic hydroxyl groups is 1. The summed E-state index contributed by atoms with van der Waals surface area (Å²) in [6.07, 6.45) is 3.19. The summed E-state index contributed by atoms with van der Waals surface area (Å²) in [7, 11) is 0. The van der Waals surface area contributed by atoms with Crippen molar-refractivity contribution < 1.29 is 14.7 Å². The third-order valence-electron chi connectivity index (χ3n) is 3.80. The number of carbonyl (C=O) groups excluding carboxylic acids is 2. The van der Waals surface area contributed by atoms with E-state index in [4.69, 9.17) is 0 Å². The van der Waals surface area contributed by atoms with E-state index in [0.29, 0.717) is 12.1 Å². The van der Waals surface area contributed by atoms with Gasteiger partial charge in [-0.1, -0.05) is 25.0 Å². The Morgan fingerprint density at radius 2 is 1.86 bits per heavy atom. The van der Waals surface area contributed by atoms with Crippen LogP contribution in [0.2, 0.25) is 0 Å². The maximum Gasteiger partial charge on any atom is 0.251 e. The van der Waals surface area contributed by atoms with Crippen LogP contribution in [0.5, 0.6) is 0 Å². The number of nitrogens with one attached hydrogen (secondary N) is 2. The molecule has 1 aromatic rings. The summed E-state index contributed by atoms with van der Waals surface area (Å²) < 4.78 is 0. The SMILES string of the molecule is CC(=O)NCc1ccc(C(=O)NC2CCCCC2O)cc1. The molecular formula is C16H22N2O3. The third kappa shape index (κ3) is 4.56. The molecule has 2 amide bonds. The number of amides is 2. The predicted octanol–water partition coefficient (Wildman–Crippen LogP) is 1.36. The number of carbonyl (C=O) groups is 2. The van der Waals surface area contributed by atoms with Crippen molar-refractivity contribution >= 4 is 11.8 Å². The van der Waals surface area contributed by atoms with E-state index in [1.54, 1.807) is 12.1 Å². The van der Waals surface area contributed by atoms with Crippen molar-refractivity contribution in [2.45, 2.75) is 51.3 Å². The predicted molar refractivity (Wildman–Crippen MR) is 79.7 cm³/mol. The fourth-order valence-electron chi connectivity index (χ4n) is 2.53. The van der Waals surface area contributed by atoms with Crippen LogP contribution in [0, 0.1) is 0 Å². The van der Waals surface area contributed by atoms with Crippen molar-refractivity contribution in [3.8, 4) is 0 Å². The van der Waals surface area contributed by atoms with Crippen molar-refractivity contribution in [2.24, 2.45) is 0 Å². The zero-order valence-corrected chi connectivity index (χ0v) is 12.3. The minimum absolute atomic E-state index is 0.0805. The average molecular weight is 290 g/mol. The van der Waals surface area contributed by atoms with Crippen molar-refractivity contribution in [3.63, 3.8) is 0 Å². The number of hydrogen-bond acceptors (Lipinski definition) is 3. The number of aliphatic hydroxyl groups excluding tert-OH is 1. The zero-order chi connectivity index (χ0) is 15.2. The molecule has 2 atom stereocenters. The minimum Gasteiger partial charge on any atom is -0.391 e. The molecular weight excluding hydrogens is 268 g/mol. The Labute approximate surface area is 124 Å². The lowest BCUT2D eigenvalue weighted by atomic mass is 9.92. The van der Waals surface area contributed by atoms with Gasteiger partial charge in [0.05, 0.1) is 12.1 Å². The molecule has 5 heteroatoms. The minimum atomic E-state index is -0.443. The second-order valence-corrected chi connectivity index (χ2v) is 5.54. The molecule has 1 aliphatic carbocycles. The van der Waals surface area contributed by atoms with Crippen molar-refractivity contribution in [2.75, 3.05) is 0 Å². The van der Waals surface area contributed by atoms with Gasteiger partial charge in [0.15, 0.2) is 0 Å². The highest BCUT2D eigenvalue weighted by atomic mass is 16.3. The molecule has 2 unspecified atom stereocenters. The quantitative estimate of drug-likeness (QED) is 0.783. The van der Waals surface area contributed by atoms with Gasteiger partial charge in [0.1, 0.15) is 0 Å². The van der Waals surface area contributed by atoms with Crippen molar-refractivity contribution in [3.05, 3.63) is 35.4 Å². The van der Waals surface area contributed by atoms with E-state index in [2.05, 4.69) is 10.6 Å². The van der Waals surface area contributed by atoms with E-state index in [9.17, 15) is 14.7 Å². The van der Waals surface area contributed by atoms with E-state index in [1.807, 2.05) is 12.1 Å². The molecule has 1 aromatic carbocycles. The van der Waals surface area contributed by atoms with E-state index in [1.165, 1.54) is 6.92 Å².